The van der Waals surface area contributed by atoms with Crippen molar-refractivity contribution in [3.8, 4) is 12.3 Å². The number of hydrogen-bond donors (Lipinski definition) is 1. The van der Waals surface area contributed by atoms with Gasteiger partial charge in [0, 0.05) is 22.7 Å². The van der Waals surface area contributed by atoms with Crippen LogP contribution in [0, 0.1) is 12.3 Å². The number of rotatable bonds is 6. The molecule has 2 aromatic rings. The molecule has 8 heteroatoms. The van der Waals surface area contributed by atoms with E-state index in [4.69, 9.17) is 29.6 Å². The molecule has 27 heavy (non-hydrogen) atoms. The number of nitrogens with one attached hydrogen (secondary N) is 1. The van der Waals surface area contributed by atoms with Crippen LogP contribution in [0.1, 0.15) is 28.9 Å². The maximum atomic E-state index is 12.8. The van der Waals surface area contributed by atoms with Crippen molar-refractivity contribution >= 4 is 39.1 Å². The van der Waals surface area contributed by atoms with Crippen LogP contribution in [-0.4, -0.2) is 32.8 Å². The number of benzene rings is 2. The highest BCUT2D eigenvalue weighted by molar-refractivity contribution is 7.89. The first-order chi connectivity index (χ1) is 12.7. The van der Waals surface area contributed by atoms with Crippen molar-refractivity contribution in [1.29, 1.82) is 0 Å². The maximum absolute atomic E-state index is 12.8. The molecule has 2 aromatic carbocycles. The van der Waals surface area contributed by atoms with E-state index in [-0.39, 0.29) is 29.0 Å². The van der Waals surface area contributed by atoms with Gasteiger partial charge in [0.05, 0.1) is 17.5 Å². The average Bonchev–Trinajstić information content (AvgIpc) is 2.65. The predicted octanol–water partition coefficient (Wildman–Crippen LogP) is 3.74. The molecule has 0 bridgehead atoms. The molecule has 1 atom stereocenters. The summed E-state index contributed by atoms with van der Waals surface area (Å²) in [6.07, 6.45) is 5.08. The Hall–Kier alpha value is -2.04. The molecule has 0 spiro atoms. The molecular weight excluding hydrogens is 407 g/mol. The second kappa shape index (κ2) is 8.77. The molecule has 0 radical (unpaired) electrons. The van der Waals surface area contributed by atoms with Crippen LogP contribution in [0.5, 0.6) is 0 Å². The summed E-state index contributed by atoms with van der Waals surface area (Å²) < 4.78 is 26.7. The normalized spacial score (nSPS) is 12.3. The van der Waals surface area contributed by atoms with Gasteiger partial charge in [-0.1, -0.05) is 41.3 Å². The third kappa shape index (κ3) is 5.02. The Morgan fingerprint density at radius 2 is 1.96 bits per heavy atom. The van der Waals surface area contributed by atoms with Crippen LogP contribution in [0.25, 0.3) is 0 Å². The number of sulfonamides is 1. The summed E-state index contributed by atoms with van der Waals surface area (Å²) in [6.45, 7) is 1.69. The minimum Gasteiger partial charge on any atom is -0.335 e. The molecule has 0 saturated carbocycles. The van der Waals surface area contributed by atoms with Crippen LogP contribution in [0.4, 0.5) is 0 Å². The van der Waals surface area contributed by atoms with Crippen LogP contribution >= 0.6 is 23.2 Å². The van der Waals surface area contributed by atoms with Crippen molar-refractivity contribution in [3.63, 3.8) is 0 Å². The van der Waals surface area contributed by atoms with E-state index in [0.29, 0.717) is 10.0 Å². The van der Waals surface area contributed by atoms with Crippen molar-refractivity contribution in [1.82, 2.24) is 9.62 Å². The molecule has 0 aromatic heterocycles. The number of hydrogen-bond acceptors (Lipinski definition) is 3. The Morgan fingerprint density at radius 1 is 1.26 bits per heavy atom. The summed E-state index contributed by atoms with van der Waals surface area (Å²) in [5.74, 6) is 1.86. The molecule has 0 aliphatic heterocycles. The van der Waals surface area contributed by atoms with E-state index in [0.717, 1.165) is 5.56 Å². The lowest BCUT2D eigenvalue weighted by Gasteiger charge is -2.26. The first-order valence-electron chi connectivity index (χ1n) is 7.92. The molecule has 1 unspecified atom stereocenters. The van der Waals surface area contributed by atoms with E-state index in [9.17, 15) is 13.2 Å². The van der Waals surface area contributed by atoms with E-state index in [2.05, 4.69) is 10.6 Å². The number of nitrogens with zero attached hydrogens (tertiary/aromatic N) is 1. The zero-order valence-electron chi connectivity index (χ0n) is 14.7. The number of carbonyl (C=O) groups excluding carboxylic acids is 1. The van der Waals surface area contributed by atoms with Gasteiger partial charge in [0.2, 0.25) is 10.0 Å². The fourth-order valence-corrected chi connectivity index (χ4v) is 3.99. The minimum atomic E-state index is -3.79. The molecule has 0 fully saturated rings. The lowest BCUT2D eigenvalue weighted by molar-refractivity contribution is 0.0742. The topological polar surface area (TPSA) is 66.5 Å². The maximum Gasteiger partial charge on any atom is 0.254 e. The highest BCUT2D eigenvalue weighted by Crippen LogP contribution is 2.30. The molecule has 0 heterocycles. The van der Waals surface area contributed by atoms with Gasteiger partial charge in [-0.25, -0.2) is 8.42 Å². The van der Waals surface area contributed by atoms with Gasteiger partial charge in [0.15, 0.2) is 0 Å². The summed E-state index contributed by atoms with van der Waals surface area (Å²) in [4.78, 5) is 14.3. The van der Waals surface area contributed by atoms with Crippen LogP contribution in [0.3, 0.4) is 0 Å². The molecule has 1 N–H and O–H groups in total. The molecule has 1 amide bonds. The van der Waals surface area contributed by atoms with Gasteiger partial charge < -0.3 is 4.90 Å². The standard InChI is InChI=1S/C19H18Cl2N2O3S/c1-4-10-22-27(25,26)16-7-5-6-14(11-16)19(24)23(3)13(2)17-9-8-15(20)12-18(17)21/h1,5-9,11-13,22H,10H2,2-3H3. The van der Waals surface area contributed by atoms with Crippen molar-refractivity contribution in [2.24, 2.45) is 0 Å². The number of carbonyl (C=O) groups is 1. The van der Waals surface area contributed by atoms with Crippen molar-refractivity contribution in [2.45, 2.75) is 17.9 Å². The van der Waals surface area contributed by atoms with Crippen molar-refractivity contribution in [3.05, 3.63) is 63.6 Å². The average molecular weight is 425 g/mol. The Labute approximate surface area is 169 Å². The second-order valence-electron chi connectivity index (χ2n) is 5.81. The first-order valence-corrected chi connectivity index (χ1v) is 10.2. The van der Waals surface area contributed by atoms with Crippen molar-refractivity contribution in [2.75, 3.05) is 13.6 Å². The first kappa shape index (κ1) is 21.3. The Balaban J connectivity index is 2.29. The van der Waals surface area contributed by atoms with Gasteiger partial charge >= 0.3 is 0 Å². The van der Waals surface area contributed by atoms with Gasteiger partial charge in [0.25, 0.3) is 5.91 Å². The fourth-order valence-electron chi connectivity index (χ4n) is 2.44. The zero-order chi connectivity index (χ0) is 20.2. The molecule has 0 aliphatic rings. The smallest absolute Gasteiger partial charge is 0.254 e. The molecule has 0 saturated heterocycles. The Kier molecular flexibility index (Phi) is 6.90. The summed E-state index contributed by atoms with van der Waals surface area (Å²) in [5.41, 5.74) is 0.967. The molecular formula is C19H18Cl2N2O3S. The van der Waals surface area contributed by atoms with Gasteiger partial charge in [0.1, 0.15) is 0 Å². The SMILES string of the molecule is C#CCNS(=O)(=O)c1cccc(C(=O)N(C)C(C)c2ccc(Cl)cc2Cl)c1. The van der Waals surface area contributed by atoms with Gasteiger partial charge in [-0.15, -0.1) is 6.42 Å². The van der Waals surface area contributed by atoms with Crippen LogP contribution < -0.4 is 4.72 Å². The lowest BCUT2D eigenvalue weighted by atomic mass is 10.1. The second-order valence-corrected chi connectivity index (χ2v) is 8.42. The Morgan fingerprint density at radius 3 is 2.59 bits per heavy atom. The zero-order valence-corrected chi connectivity index (χ0v) is 17.1. The number of terminal acetylenes is 1. The summed E-state index contributed by atoms with van der Waals surface area (Å²) >= 11 is 12.1. The third-order valence-electron chi connectivity index (χ3n) is 4.07. The fraction of sp³-hybridized carbons (Fsp3) is 0.211. The van der Waals surface area contributed by atoms with Gasteiger partial charge in [-0.2, -0.15) is 4.72 Å². The lowest BCUT2D eigenvalue weighted by Crippen LogP contribution is -2.30. The Bertz CT molecular complexity index is 1000. The molecule has 5 nitrogen and oxygen atoms in total. The molecule has 2 rings (SSSR count). The minimum absolute atomic E-state index is 0.0332. The monoisotopic (exact) mass is 424 g/mol. The van der Waals surface area contributed by atoms with E-state index in [1.807, 2.05) is 6.92 Å². The van der Waals surface area contributed by atoms with Crippen LogP contribution in [0.2, 0.25) is 10.0 Å². The summed E-state index contributed by atoms with van der Waals surface area (Å²) in [5, 5.41) is 0.951. The van der Waals surface area contributed by atoms with Crippen molar-refractivity contribution < 1.29 is 13.2 Å². The largest absolute Gasteiger partial charge is 0.335 e. The van der Waals surface area contributed by atoms with E-state index < -0.39 is 10.0 Å². The van der Waals surface area contributed by atoms with Crippen LogP contribution in [-0.2, 0) is 10.0 Å². The van der Waals surface area contributed by atoms with Gasteiger partial charge in [-0.05, 0) is 42.8 Å². The summed E-state index contributed by atoms with van der Waals surface area (Å²) in [7, 11) is -2.17. The predicted molar refractivity (Wildman–Crippen MR) is 107 cm³/mol. The quantitative estimate of drug-likeness (QED) is 0.718. The van der Waals surface area contributed by atoms with E-state index in [1.54, 1.807) is 31.3 Å². The van der Waals surface area contributed by atoms with Crippen LogP contribution in [0.15, 0.2) is 47.4 Å². The van der Waals surface area contributed by atoms with Gasteiger partial charge in [-0.3, -0.25) is 4.79 Å². The highest BCUT2D eigenvalue weighted by atomic mass is 35.5. The highest BCUT2D eigenvalue weighted by Gasteiger charge is 2.22. The van der Waals surface area contributed by atoms with E-state index >= 15 is 0 Å². The number of halogens is 2. The summed E-state index contributed by atoms with van der Waals surface area (Å²) in [6, 6.07) is 10.5. The number of amides is 1. The molecule has 142 valence electrons. The van der Waals surface area contributed by atoms with E-state index in [1.165, 1.54) is 23.1 Å². The third-order valence-corrected chi connectivity index (χ3v) is 6.03. The molecule has 0 aliphatic carbocycles.